The molecule has 3 heterocycles. The lowest BCUT2D eigenvalue weighted by Gasteiger charge is -2.32. The minimum Gasteiger partial charge on any atom is -0.324 e. The van der Waals surface area contributed by atoms with Crippen molar-refractivity contribution in [2.45, 2.75) is 13.5 Å². The number of halogens is 2. The lowest BCUT2D eigenvalue weighted by Crippen LogP contribution is -2.43. The maximum Gasteiger partial charge on any atom is 0.255 e. The fraction of sp³-hybridized carbons (Fsp3) is 0.241. The van der Waals surface area contributed by atoms with Crippen molar-refractivity contribution >= 4 is 34.8 Å². The lowest BCUT2D eigenvalue weighted by atomic mass is 10.1. The van der Waals surface area contributed by atoms with Gasteiger partial charge in [-0.2, -0.15) is 0 Å². The number of likely N-dealkylation sites (N-methyl/N-ethyl adjacent to an activating group) is 1. The Hall–Kier alpha value is -3.92. The van der Waals surface area contributed by atoms with E-state index in [1.165, 1.54) is 6.07 Å². The van der Waals surface area contributed by atoms with E-state index < -0.39 is 5.82 Å². The van der Waals surface area contributed by atoms with E-state index in [1.54, 1.807) is 49.8 Å². The van der Waals surface area contributed by atoms with Crippen LogP contribution in [0.1, 0.15) is 21.5 Å². The molecule has 1 saturated heterocycles. The summed E-state index contributed by atoms with van der Waals surface area (Å²) >= 11 is 6.54. The molecule has 8 nitrogen and oxygen atoms in total. The SMILES string of the molecule is Cc1c(F)cc(NC(=O)c2ccc(CN3CCN(C)CC3)c(Cl)c2)cc1Nc1nccc(-c2cccnc2)n1. The van der Waals surface area contributed by atoms with Crippen LogP contribution in [0.3, 0.4) is 0 Å². The number of hydrogen-bond acceptors (Lipinski definition) is 7. The number of hydrogen-bond donors (Lipinski definition) is 2. The Morgan fingerprint density at radius 1 is 1.08 bits per heavy atom. The Labute approximate surface area is 231 Å². The van der Waals surface area contributed by atoms with E-state index >= 15 is 0 Å². The van der Waals surface area contributed by atoms with Crippen molar-refractivity contribution in [3.8, 4) is 11.3 Å². The van der Waals surface area contributed by atoms with E-state index in [-0.39, 0.29) is 5.91 Å². The summed E-state index contributed by atoms with van der Waals surface area (Å²) in [6.45, 7) is 6.37. The number of nitrogens with one attached hydrogen (secondary N) is 2. The molecule has 200 valence electrons. The first-order valence-electron chi connectivity index (χ1n) is 12.7. The molecule has 39 heavy (non-hydrogen) atoms. The van der Waals surface area contributed by atoms with Gasteiger partial charge in [0.05, 0.1) is 5.69 Å². The van der Waals surface area contributed by atoms with Crippen LogP contribution in [0.5, 0.6) is 0 Å². The Morgan fingerprint density at radius 2 is 1.90 bits per heavy atom. The van der Waals surface area contributed by atoms with Crippen LogP contribution in [0.2, 0.25) is 5.02 Å². The van der Waals surface area contributed by atoms with E-state index in [0.717, 1.165) is 43.9 Å². The molecular weight excluding hydrogens is 517 g/mol. The zero-order valence-electron chi connectivity index (χ0n) is 21.8. The van der Waals surface area contributed by atoms with Gasteiger partial charge in [-0.3, -0.25) is 14.7 Å². The highest BCUT2D eigenvalue weighted by atomic mass is 35.5. The highest BCUT2D eigenvalue weighted by Crippen LogP contribution is 2.28. The summed E-state index contributed by atoms with van der Waals surface area (Å²) in [6, 6.07) is 13.7. The number of aromatic nitrogens is 3. The van der Waals surface area contributed by atoms with Crippen LogP contribution in [0.25, 0.3) is 11.3 Å². The third kappa shape index (κ3) is 6.57. The molecule has 0 radical (unpaired) electrons. The zero-order chi connectivity index (χ0) is 27.4. The van der Waals surface area contributed by atoms with E-state index in [1.807, 2.05) is 18.2 Å². The van der Waals surface area contributed by atoms with Gasteiger partial charge in [-0.05, 0) is 62.0 Å². The van der Waals surface area contributed by atoms with Gasteiger partial charge < -0.3 is 15.5 Å². The smallest absolute Gasteiger partial charge is 0.255 e. The number of amides is 1. The summed E-state index contributed by atoms with van der Waals surface area (Å²) in [5.74, 6) is -0.559. The molecule has 0 spiro atoms. The summed E-state index contributed by atoms with van der Waals surface area (Å²) in [5, 5.41) is 6.38. The predicted molar refractivity (Wildman–Crippen MR) is 152 cm³/mol. The Balaban J connectivity index is 1.29. The van der Waals surface area contributed by atoms with Gasteiger partial charge >= 0.3 is 0 Å². The van der Waals surface area contributed by atoms with Gasteiger partial charge in [0.1, 0.15) is 5.82 Å². The van der Waals surface area contributed by atoms with Crippen LogP contribution >= 0.6 is 11.6 Å². The van der Waals surface area contributed by atoms with E-state index in [9.17, 15) is 9.18 Å². The van der Waals surface area contributed by atoms with Crippen molar-refractivity contribution in [2.24, 2.45) is 0 Å². The molecule has 0 aliphatic carbocycles. The molecule has 4 aromatic rings. The molecule has 2 aromatic heterocycles. The molecule has 1 aliphatic rings. The zero-order valence-corrected chi connectivity index (χ0v) is 22.5. The largest absolute Gasteiger partial charge is 0.324 e. The molecule has 2 aromatic carbocycles. The van der Waals surface area contributed by atoms with E-state index in [2.05, 4.69) is 42.4 Å². The fourth-order valence-electron chi connectivity index (χ4n) is 4.36. The number of rotatable bonds is 7. The molecular formula is C29H29ClFN7O. The molecule has 1 fully saturated rings. The third-order valence-corrected chi connectivity index (χ3v) is 7.12. The first kappa shape index (κ1) is 26.7. The topological polar surface area (TPSA) is 86.3 Å². The molecule has 2 N–H and O–H groups in total. The average Bonchev–Trinajstić information content (AvgIpc) is 2.94. The van der Waals surface area contributed by atoms with Crippen molar-refractivity contribution in [3.05, 3.63) is 94.7 Å². The standard InChI is InChI=1S/C29H29ClFN7O/c1-19-25(31)15-23(16-27(19)36-29-33-9-7-26(35-29)21-4-3-8-32-17-21)34-28(39)20-5-6-22(24(30)14-20)18-38-12-10-37(2)11-13-38/h3-9,14-17H,10-13,18H2,1-2H3,(H,34,39)(H,33,35,36). The monoisotopic (exact) mass is 545 g/mol. The van der Waals surface area contributed by atoms with Crippen molar-refractivity contribution in [1.29, 1.82) is 0 Å². The number of carbonyl (C=O) groups excluding carboxylic acids is 1. The number of nitrogens with zero attached hydrogens (tertiary/aromatic N) is 5. The predicted octanol–water partition coefficient (Wildman–Crippen LogP) is 5.38. The van der Waals surface area contributed by atoms with Crippen LogP contribution in [0.4, 0.5) is 21.7 Å². The molecule has 0 bridgehead atoms. The van der Waals surface area contributed by atoms with Gasteiger partial charge in [0.2, 0.25) is 5.95 Å². The summed E-state index contributed by atoms with van der Waals surface area (Å²) in [6.07, 6.45) is 5.01. The second kappa shape index (κ2) is 11.9. The van der Waals surface area contributed by atoms with E-state index in [4.69, 9.17) is 11.6 Å². The summed E-state index contributed by atoms with van der Waals surface area (Å²) in [5.41, 5.74) is 3.99. The second-order valence-electron chi connectivity index (χ2n) is 9.60. The van der Waals surface area contributed by atoms with Crippen molar-refractivity contribution in [3.63, 3.8) is 0 Å². The molecule has 5 rings (SSSR count). The Morgan fingerprint density at radius 3 is 2.64 bits per heavy atom. The highest BCUT2D eigenvalue weighted by molar-refractivity contribution is 6.31. The summed E-state index contributed by atoms with van der Waals surface area (Å²) < 4.78 is 14.8. The van der Waals surface area contributed by atoms with Crippen LogP contribution < -0.4 is 10.6 Å². The van der Waals surface area contributed by atoms with Gasteiger partial charge in [0.25, 0.3) is 5.91 Å². The van der Waals surface area contributed by atoms with Crippen LogP contribution in [0, 0.1) is 12.7 Å². The number of pyridine rings is 1. The minimum atomic E-state index is -0.473. The number of anilines is 3. The normalized spacial score (nSPS) is 14.3. The second-order valence-corrected chi connectivity index (χ2v) is 10.0. The van der Waals surface area contributed by atoms with Crippen LogP contribution in [0.15, 0.2) is 67.1 Å². The molecule has 0 saturated carbocycles. The van der Waals surface area contributed by atoms with Gasteiger partial charge in [0.15, 0.2) is 0 Å². The van der Waals surface area contributed by atoms with E-state index in [0.29, 0.717) is 39.2 Å². The van der Waals surface area contributed by atoms with Gasteiger partial charge in [-0.1, -0.05) is 17.7 Å². The molecule has 0 atom stereocenters. The number of piperazine rings is 1. The quantitative estimate of drug-likeness (QED) is 0.322. The third-order valence-electron chi connectivity index (χ3n) is 6.77. The van der Waals surface area contributed by atoms with Crippen LogP contribution in [-0.2, 0) is 6.54 Å². The van der Waals surface area contributed by atoms with Gasteiger partial charge in [-0.15, -0.1) is 0 Å². The maximum atomic E-state index is 14.8. The first-order valence-corrected chi connectivity index (χ1v) is 13.0. The minimum absolute atomic E-state index is 0.296. The lowest BCUT2D eigenvalue weighted by molar-refractivity contribution is 0.102. The van der Waals surface area contributed by atoms with Crippen molar-refractivity contribution in [2.75, 3.05) is 43.9 Å². The Kier molecular flexibility index (Phi) is 8.11. The fourth-order valence-corrected chi connectivity index (χ4v) is 4.60. The van der Waals surface area contributed by atoms with Crippen LogP contribution in [-0.4, -0.2) is 63.9 Å². The van der Waals surface area contributed by atoms with Gasteiger partial charge in [0, 0.05) is 84.4 Å². The van der Waals surface area contributed by atoms with Gasteiger partial charge in [-0.25, -0.2) is 14.4 Å². The summed E-state index contributed by atoms with van der Waals surface area (Å²) in [4.78, 5) is 30.6. The number of carbonyl (C=O) groups is 1. The average molecular weight is 546 g/mol. The first-order chi connectivity index (χ1) is 18.9. The maximum absolute atomic E-state index is 14.8. The number of benzene rings is 2. The van der Waals surface area contributed by atoms with Crippen molar-refractivity contribution in [1.82, 2.24) is 24.8 Å². The summed E-state index contributed by atoms with van der Waals surface area (Å²) in [7, 11) is 2.12. The highest BCUT2D eigenvalue weighted by Gasteiger charge is 2.17. The molecule has 0 unspecified atom stereocenters. The van der Waals surface area contributed by atoms with Crippen molar-refractivity contribution < 1.29 is 9.18 Å². The Bertz CT molecular complexity index is 1480. The molecule has 10 heteroatoms. The molecule has 1 aliphatic heterocycles. The molecule has 1 amide bonds.